The lowest BCUT2D eigenvalue weighted by Crippen LogP contribution is -2.12. The number of carbonyl (C=O) groups excluding carboxylic acids is 1. The van der Waals surface area contributed by atoms with Crippen LogP contribution in [0.3, 0.4) is 0 Å². The van der Waals surface area contributed by atoms with Gasteiger partial charge in [0, 0.05) is 23.9 Å². The molecule has 1 amide bonds. The van der Waals surface area contributed by atoms with Crippen molar-refractivity contribution in [1.82, 2.24) is 5.16 Å². The van der Waals surface area contributed by atoms with Crippen molar-refractivity contribution in [3.63, 3.8) is 0 Å². The zero-order valence-electron chi connectivity index (χ0n) is 11.1. The molecule has 2 heterocycles. The lowest BCUT2D eigenvalue weighted by atomic mass is 10.2. The Morgan fingerprint density at radius 1 is 1.18 bits per heavy atom. The van der Waals surface area contributed by atoms with Crippen LogP contribution in [-0.4, -0.2) is 16.0 Å². The molecule has 2 aromatic heterocycles. The van der Waals surface area contributed by atoms with E-state index < -0.39 is 10.8 Å². The number of amides is 1. The van der Waals surface area contributed by atoms with Crippen LogP contribution in [0.25, 0.3) is 11.5 Å². The third-order valence-electron chi connectivity index (χ3n) is 2.82. The molecule has 8 nitrogen and oxygen atoms in total. The molecule has 0 atom stereocenters. The molecule has 8 heteroatoms. The Labute approximate surface area is 123 Å². The summed E-state index contributed by atoms with van der Waals surface area (Å²) in [5.74, 6) is 0.221. The van der Waals surface area contributed by atoms with Gasteiger partial charge in [-0.15, -0.1) is 0 Å². The molecule has 0 saturated carbocycles. The first kappa shape index (κ1) is 13.6. The fraction of sp³-hybridized carbons (Fsp3) is 0. The Hall–Kier alpha value is -3.42. The van der Waals surface area contributed by atoms with Gasteiger partial charge in [0.15, 0.2) is 11.5 Å². The number of anilines is 1. The van der Waals surface area contributed by atoms with Gasteiger partial charge >= 0.3 is 0 Å². The van der Waals surface area contributed by atoms with E-state index >= 15 is 0 Å². The lowest BCUT2D eigenvalue weighted by Gasteiger charge is -2.01. The van der Waals surface area contributed by atoms with Crippen molar-refractivity contribution in [2.45, 2.75) is 0 Å². The monoisotopic (exact) mass is 299 g/mol. The van der Waals surface area contributed by atoms with Crippen LogP contribution >= 0.6 is 0 Å². The van der Waals surface area contributed by atoms with Crippen LogP contribution in [0.2, 0.25) is 0 Å². The van der Waals surface area contributed by atoms with Gasteiger partial charge in [0.05, 0.1) is 11.2 Å². The van der Waals surface area contributed by atoms with Gasteiger partial charge < -0.3 is 14.3 Å². The predicted octanol–water partition coefficient (Wildman–Crippen LogP) is 3.10. The van der Waals surface area contributed by atoms with Gasteiger partial charge in [-0.1, -0.05) is 11.2 Å². The number of furan rings is 1. The maximum Gasteiger partial charge on any atom is 0.277 e. The molecule has 22 heavy (non-hydrogen) atoms. The number of non-ortho nitro benzene ring substituents is 1. The summed E-state index contributed by atoms with van der Waals surface area (Å²) in [7, 11) is 0. The van der Waals surface area contributed by atoms with Gasteiger partial charge in [-0.25, -0.2) is 0 Å². The van der Waals surface area contributed by atoms with Crippen LogP contribution < -0.4 is 5.32 Å². The number of hydrogen-bond donors (Lipinski definition) is 1. The zero-order valence-corrected chi connectivity index (χ0v) is 11.1. The van der Waals surface area contributed by atoms with Crippen molar-refractivity contribution in [1.29, 1.82) is 0 Å². The number of rotatable bonds is 4. The maximum absolute atomic E-state index is 12.0. The number of carbonyl (C=O) groups is 1. The Kier molecular flexibility index (Phi) is 3.40. The second kappa shape index (κ2) is 5.52. The Balaban J connectivity index is 1.77. The van der Waals surface area contributed by atoms with Gasteiger partial charge in [-0.05, 0) is 18.2 Å². The third-order valence-corrected chi connectivity index (χ3v) is 2.82. The van der Waals surface area contributed by atoms with Gasteiger partial charge in [0.25, 0.3) is 11.6 Å². The van der Waals surface area contributed by atoms with Crippen molar-refractivity contribution < 1.29 is 18.7 Å². The quantitative estimate of drug-likeness (QED) is 0.585. The van der Waals surface area contributed by atoms with Gasteiger partial charge in [0.2, 0.25) is 5.76 Å². The van der Waals surface area contributed by atoms with Crippen molar-refractivity contribution in [2.75, 3.05) is 5.32 Å². The first-order chi connectivity index (χ1) is 10.6. The first-order valence-corrected chi connectivity index (χ1v) is 6.20. The van der Waals surface area contributed by atoms with E-state index in [0.29, 0.717) is 17.2 Å². The summed E-state index contributed by atoms with van der Waals surface area (Å²) < 4.78 is 10.1. The summed E-state index contributed by atoms with van der Waals surface area (Å²) >= 11 is 0. The number of aromatic nitrogens is 1. The molecule has 0 saturated heterocycles. The molecule has 1 aromatic carbocycles. The molecule has 0 aliphatic heterocycles. The van der Waals surface area contributed by atoms with Crippen LogP contribution in [0.5, 0.6) is 0 Å². The van der Waals surface area contributed by atoms with Crippen molar-refractivity contribution in [3.8, 4) is 11.5 Å². The van der Waals surface area contributed by atoms with Gasteiger partial charge in [-0.3, -0.25) is 14.9 Å². The molecule has 0 spiro atoms. The molecule has 0 aliphatic rings. The largest absolute Gasteiger partial charge is 0.461 e. The Morgan fingerprint density at radius 3 is 2.77 bits per heavy atom. The van der Waals surface area contributed by atoms with Crippen molar-refractivity contribution in [2.24, 2.45) is 0 Å². The molecular weight excluding hydrogens is 290 g/mol. The molecule has 1 N–H and O–H groups in total. The highest BCUT2D eigenvalue weighted by Gasteiger charge is 2.16. The van der Waals surface area contributed by atoms with Crippen LogP contribution in [0.1, 0.15) is 10.5 Å². The second-order valence-corrected chi connectivity index (χ2v) is 4.32. The minimum absolute atomic E-state index is 0.0397. The SMILES string of the molecule is O=C(Nc1cccc([N+](=O)[O-])c1)c1cc(-c2ccco2)on1. The highest BCUT2D eigenvalue weighted by Crippen LogP contribution is 2.22. The Bertz CT molecular complexity index is 823. The standard InChI is InChI=1S/C14H9N3O5/c18-14(15-9-3-1-4-10(7-9)17(19)20)11-8-13(22-16-11)12-5-2-6-21-12/h1-8H,(H,15,18). The average molecular weight is 299 g/mol. The van der Waals surface area contributed by atoms with E-state index in [0.717, 1.165) is 0 Å². The molecule has 0 unspecified atom stereocenters. The van der Waals surface area contributed by atoms with Crippen LogP contribution in [-0.2, 0) is 0 Å². The van der Waals surface area contributed by atoms with Crippen molar-refractivity contribution in [3.05, 3.63) is 64.5 Å². The summed E-state index contributed by atoms with van der Waals surface area (Å²) in [5, 5.41) is 16.9. The summed E-state index contributed by atoms with van der Waals surface area (Å²) in [5.41, 5.74) is 0.217. The van der Waals surface area contributed by atoms with E-state index in [1.807, 2.05) is 0 Å². The van der Waals surface area contributed by atoms with E-state index in [2.05, 4.69) is 10.5 Å². The van der Waals surface area contributed by atoms with E-state index in [-0.39, 0.29) is 11.4 Å². The first-order valence-electron chi connectivity index (χ1n) is 6.20. The second-order valence-electron chi connectivity index (χ2n) is 4.32. The fourth-order valence-electron chi connectivity index (χ4n) is 1.81. The van der Waals surface area contributed by atoms with E-state index in [1.54, 1.807) is 18.2 Å². The molecule has 3 aromatic rings. The number of hydrogen-bond acceptors (Lipinski definition) is 6. The maximum atomic E-state index is 12.0. The van der Waals surface area contributed by atoms with E-state index in [9.17, 15) is 14.9 Å². The van der Waals surface area contributed by atoms with E-state index in [1.165, 1.54) is 30.5 Å². The molecule has 0 radical (unpaired) electrons. The highest BCUT2D eigenvalue weighted by atomic mass is 16.6. The zero-order chi connectivity index (χ0) is 15.5. The summed E-state index contributed by atoms with van der Waals surface area (Å²) in [4.78, 5) is 22.2. The third kappa shape index (κ3) is 2.70. The van der Waals surface area contributed by atoms with Crippen molar-refractivity contribution >= 4 is 17.3 Å². The number of nitrogens with one attached hydrogen (secondary N) is 1. The molecule has 110 valence electrons. The summed E-state index contributed by atoms with van der Waals surface area (Å²) in [6, 6.07) is 10.4. The molecule has 3 rings (SSSR count). The van der Waals surface area contributed by atoms with Gasteiger partial charge in [0.1, 0.15) is 0 Å². The van der Waals surface area contributed by atoms with Crippen LogP contribution in [0.15, 0.2) is 57.7 Å². The number of benzene rings is 1. The lowest BCUT2D eigenvalue weighted by molar-refractivity contribution is -0.384. The number of nitrogens with zero attached hydrogens (tertiary/aromatic N) is 2. The fourth-order valence-corrected chi connectivity index (χ4v) is 1.81. The topological polar surface area (TPSA) is 111 Å². The predicted molar refractivity (Wildman–Crippen MR) is 75.3 cm³/mol. The molecule has 0 aliphatic carbocycles. The highest BCUT2D eigenvalue weighted by molar-refractivity contribution is 6.03. The minimum Gasteiger partial charge on any atom is -0.461 e. The summed E-state index contributed by atoms with van der Waals surface area (Å²) in [6.45, 7) is 0. The van der Waals surface area contributed by atoms with Crippen LogP contribution in [0.4, 0.5) is 11.4 Å². The van der Waals surface area contributed by atoms with Gasteiger partial charge in [-0.2, -0.15) is 0 Å². The van der Waals surface area contributed by atoms with Crippen LogP contribution in [0, 0.1) is 10.1 Å². The smallest absolute Gasteiger partial charge is 0.277 e. The molecule has 0 bridgehead atoms. The normalized spacial score (nSPS) is 10.4. The van der Waals surface area contributed by atoms with E-state index in [4.69, 9.17) is 8.94 Å². The summed E-state index contributed by atoms with van der Waals surface area (Å²) in [6.07, 6.45) is 1.47. The average Bonchev–Trinajstić information content (AvgIpc) is 3.18. The number of nitro groups is 1. The minimum atomic E-state index is -0.541. The molecular formula is C14H9N3O5. The Morgan fingerprint density at radius 2 is 2.05 bits per heavy atom. The number of nitro benzene ring substituents is 1. The molecule has 0 fully saturated rings.